The van der Waals surface area contributed by atoms with Crippen molar-refractivity contribution in [2.24, 2.45) is 5.92 Å². The van der Waals surface area contributed by atoms with Gasteiger partial charge in [0, 0.05) is 42.7 Å². The van der Waals surface area contributed by atoms with E-state index in [0.29, 0.717) is 6.04 Å². The minimum atomic E-state index is 0.150. The van der Waals surface area contributed by atoms with Crippen LogP contribution in [0.15, 0.2) is 29.6 Å². The Morgan fingerprint density at radius 3 is 2.82 bits per heavy atom. The van der Waals surface area contributed by atoms with Gasteiger partial charge in [-0.05, 0) is 57.8 Å². The third kappa shape index (κ3) is 4.39. The van der Waals surface area contributed by atoms with Crippen LogP contribution in [0.5, 0.6) is 0 Å². The molecule has 2 aliphatic rings. The van der Waals surface area contributed by atoms with Gasteiger partial charge in [0.15, 0.2) is 0 Å². The Bertz CT molecular complexity index is 812. The number of carbonyl (C=O) groups excluding carboxylic acids is 1. The lowest BCUT2D eigenvalue weighted by atomic mass is 9.96. The van der Waals surface area contributed by atoms with Crippen molar-refractivity contribution in [1.29, 1.82) is 0 Å². The number of hydrogen-bond donors (Lipinski definition) is 1. The van der Waals surface area contributed by atoms with Crippen LogP contribution in [0, 0.1) is 12.8 Å². The number of nitrogens with one attached hydrogen (secondary N) is 1. The number of para-hydroxylation sites is 1. The fourth-order valence-electron chi connectivity index (χ4n) is 4.48. The van der Waals surface area contributed by atoms with Crippen LogP contribution in [0.1, 0.15) is 36.0 Å². The Labute approximate surface area is 171 Å². The van der Waals surface area contributed by atoms with Crippen LogP contribution in [0.4, 0.5) is 5.69 Å². The number of aryl methyl sites for hydroxylation is 1. The molecule has 1 N–H and O–H groups in total. The maximum atomic E-state index is 12.6. The maximum Gasteiger partial charge on any atom is 0.223 e. The molecule has 0 aliphatic carbocycles. The highest BCUT2D eigenvalue weighted by Crippen LogP contribution is 2.31. The molecular formula is C22H30N4OS. The van der Waals surface area contributed by atoms with Gasteiger partial charge >= 0.3 is 0 Å². The van der Waals surface area contributed by atoms with E-state index in [-0.39, 0.29) is 11.8 Å². The molecule has 6 heteroatoms. The van der Waals surface area contributed by atoms with Crippen molar-refractivity contribution in [1.82, 2.24) is 15.2 Å². The summed E-state index contributed by atoms with van der Waals surface area (Å²) in [5.41, 5.74) is 3.91. The van der Waals surface area contributed by atoms with Crippen LogP contribution in [0.3, 0.4) is 0 Å². The Morgan fingerprint density at radius 2 is 2.07 bits per heavy atom. The zero-order valence-corrected chi connectivity index (χ0v) is 17.7. The van der Waals surface area contributed by atoms with E-state index in [4.69, 9.17) is 0 Å². The van der Waals surface area contributed by atoms with Crippen LogP contribution in [-0.2, 0) is 17.8 Å². The van der Waals surface area contributed by atoms with Crippen molar-refractivity contribution in [3.05, 3.63) is 45.9 Å². The molecule has 1 saturated heterocycles. The number of thiazole rings is 1. The summed E-state index contributed by atoms with van der Waals surface area (Å²) >= 11 is 1.71. The average molecular weight is 399 g/mol. The Morgan fingerprint density at radius 1 is 1.29 bits per heavy atom. The Balaban J connectivity index is 1.20. The van der Waals surface area contributed by atoms with E-state index in [1.54, 1.807) is 11.3 Å². The highest BCUT2D eigenvalue weighted by atomic mass is 32.1. The van der Waals surface area contributed by atoms with Gasteiger partial charge < -0.3 is 10.2 Å². The van der Waals surface area contributed by atoms with Crippen LogP contribution in [0.2, 0.25) is 0 Å². The molecule has 0 spiro atoms. The van der Waals surface area contributed by atoms with Gasteiger partial charge in [-0.2, -0.15) is 0 Å². The highest BCUT2D eigenvalue weighted by Gasteiger charge is 2.27. The normalized spacial score (nSPS) is 20.4. The molecule has 1 fully saturated rings. The molecule has 28 heavy (non-hydrogen) atoms. The van der Waals surface area contributed by atoms with Crippen LogP contribution in [0.25, 0.3) is 0 Å². The Kier molecular flexibility index (Phi) is 5.97. The molecule has 2 aliphatic heterocycles. The monoisotopic (exact) mass is 398 g/mol. The number of aromatic nitrogens is 1. The molecule has 0 radical (unpaired) electrons. The average Bonchev–Trinajstić information content (AvgIpc) is 3.25. The number of rotatable bonds is 6. The minimum Gasteiger partial charge on any atom is -0.367 e. The first-order chi connectivity index (χ1) is 13.6. The zero-order chi connectivity index (χ0) is 19.5. The standard InChI is InChI=1S/C22H30N4OS/c1-16-13-19-5-3-4-6-21(19)26(16)12-9-23-22(27)18-7-10-25(11-8-18)14-20-15-28-17(2)24-20/h3-6,15-16,18H,7-14H2,1-2H3,(H,23,27). The van der Waals surface area contributed by atoms with Crippen LogP contribution >= 0.6 is 11.3 Å². The van der Waals surface area contributed by atoms with Crippen molar-refractivity contribution in [2.75, 3.05) is 31.1 Å². The van der Waals surface area contributed by atoms with E-state index in [1.807, 2.05) is 6.92 Å². The molecule has 2 aromatic rings. The number of carbonyl (C=O) groups is 1. The third-order valence-electron chi connectivity index (χ3n) is 6.01. The summed E-state index contributed by atoms with van der Waals surface area (Å²) in [6.07, 6.45) is 2.98. The summed E-state index contributed by atoms with van der Waals surface area (Å²) in [7, 11) is 0. The van der Waals surface area contributed by atoms with E-state index in [9.17, 15) is 4.79 Å². The fourth-order valence-corrected chi connectivity index (χ4v) is 5.08. The first kappa shape index (κ1) is 19.4. The van der Waals surface area contributed by atoms with Gasteiger partial charge in [-0.3, -0.25) is 9.69 Å². The number of likely N-dealkylation sites (tertiary alicyclic amines) is 1. The van der Waals surface area contributed by atoms with Gasteiger partial charge in [-0.1, -0.05) is 18.2 Å². The first-order valence-electron chi connectivity index (χ1n) is 10.4. The predicted octanol–water partition coefficient (Wildman–Crippen LogP) is 3.23. The SMILES string of the molecule is Cc1nc(CN2CCC(C(=O)NCCN3c4ccccc4CC3C)CC2)cs1. The van der Waals surface area contributed by atoms with Gasteiger partial charge in [-0.25, -0.2) is 4.98 Å². The van der Waals surface area contributed by atoms with Gasteiger partial charge in [0.05, 0.1) is 10.7 Å². The number of nitrogens with zero attached hydrogens (tertiary/aromatic N) is 3. The van der Waals surface area contributed by atoms with Crippen molar-refractivity contribution >= 4 is 22.9 Å². The summed E-state index contributed by atoms with van der Waals surface area (Å²) in [4.78, 5) is 22.0. The van der Waals surface area contributed by atoms with E-state index >= 15 is 0 Å². The molecule has 1 atom stereocenters. The van der Waals surface area contributed by atoms with Crippen molar-refractivity contribution < 1.29 is 4.79 Å². The molecule has 5 nitrogen and oxygen atoms in total. The van der Waals surface area contributed by atoms with Crippen molar-refractivity contribution in [2.45, 2.75) is 45.7 Å². The number of hydrogen-bond acceptors (Lipinski definition) is 5. The largest absolute Gasteiger partial charge is 0.367 e. The Hall–Kier alpha value is -1.92. The lowest BCUT2D eigenvalue weighted by Gasteiger charge is -2.31. The second kappa shape index (κ2) is 8.62. The van der Waals surface area contributed by atoms with Crippen LogP contribution in [-0.4, -0.2) is 48.0 Å². The third-order valence-corrected chi connectivity index (χ3v) is 6.83. The van der Waals surface area contributed by atoms with E-state index in [1.165, 1.54) is 11.3 Å². The van der Waals surface area contributed by atoms with E-state index < -0.39 is 0 Å². The van der Waals surface area contributed by atoms with E-state index in [2.05, 4.69) is 56.7 Å². The van der Waals surface area contributed by atoms with Gasteiger partial charge in [0.1, 0.15) is 0 Å². The van der Waals surface area contributed by atoms with Crippen molar-refractivity contribution in [3.63, 3.8) is 0 Å². The fraction of sp³-hybridized carbons (Fsp3) is 0.545. The molecule has 0 saturated carbocycles. The van der Waals surface area contributed by atoms with Crippen molar-refractivity contribution in [3.8, 4) is 0 Å². The lowest BCUT2D eigenvalue weighted by molar-refractivity contribution is -0.126. The van der Waals surface area contributed by atoms with Gasteiger partial charge in [-0.15, -0.1) is 11.3 Å². The number of piperidine rings is 1. The second-order valence-electron chi connectivity index (χ2n) is 8.07. The molecule has 1 aromatic carbocycles. The molecule has 1 unspecified atom stereocenters. The highest BCUT2D eigenvalue weighted by molar-refractivity contribution is 7.09. The summed E-state index contributed by atoms with van der Waals surface area (Å²) in [5.74, 6) is 0.376. The molecule has 3 heterocycles. The minimum absolute atomic E-state index is 0.150. The lowest BCUT2D eigenvalue weighted by Crippen LogP contribution is -2.43. The van der Waals surface area contributed by atoms with Gasteiger partial charge in [0.25, 0.3) is 0 Å². The smallest absolute Gasteiger partial charge is 0.223 e. The number of fused-ring (bicyclic) bond motifs is 1. The second-order valence-corrected chi connectivity index (χ2v) is 9.14. The quantitative estimate of drug-likeness (QED) is 0.812. The molecular weight excluding hydrogens is 368 g/mol. The van der Waals surface area contributed by atoms with E-state index in [0.717, 1.165) is 62.7 Å². The van der Waals surface area contributed by atoms with Gasteiger partial charge in [0.2, 0.25) is 5.91 Å². The number of anilines is 1. The predicted molar refractivity (Wildman–Crippen MR) is 115 cm³/mol. The molecule has 1 amide bonds. The summed E-state index contributed by atoms with van der Waals surface area (Å²) < 4.78 is 0. The van der Waals surface area contributed by atoms with Crippen LogP contribution < -0.4 is 10.2 Å². The molecule has 4 rings (SSSR count). The number of benzene rings is 1. The summed E-state index contributed by atoms with van der Waals surface area (Å²) in [5, 5.41) is 6.46. The zero-order valence-electron chi connectivity index (χ0n) is 16.9. The topological polar surface area (TPSA) is 48.5 Å². The number of amides is 1. The first-order valence-corrected chi connectivity index (χ1v) is 11.2. The molecule has 1 aromatic heterocycles. The summed E-state index contributed by atoms with van der Waals surface area (Å²) in [6.45, 7) is 8.77. The summed E-state index contributed by atoms with van der Waals surface area (Å²) in [6, 6.07) is 9.12. The molecule has 150 valence electrons. The maximum absolute atomic E-state index is 12.6. The molecule has 0 bridgehead atoms.